The normalized spacial score (nSPS) is 15.3. The van der Waals surface area contributed by atoms with Gasteiger partial charge in [0.05, 0.1) is 5.57 Å². The second-order valence-corrected chi connectivity index (χ2v) is 11.6. The van der Waals surface area contributed by atoms with Crippen LogP contribution in [0.3, 0.4) is 0 Å². The zero-order valence-corrected chi connectivity index (χ0v) is 19.2. The summed E-state index contributed by atoms with van der Waals surface area (Å²) in [7, 11) is 1.74. The zero-order valence-electron chi connectivity index (χ0n) is 18.3. The van der Waals surface area contributed by atoms with E-state index < -0.39 is 7.14 Å². The van der Waals surface area contributed by atoms with Crippen LogP contribution >= 0.6 is 7.14 Å². The van der Waals surface area contributed by atoms with Crippen molar-refractivity contribution in [2.75, 3.05) is 38.3 Å². The van der Waals surface area contributed by atoms with E-state index in [1.54, 1.807) is 0 Å². The maximum atomic E-state index is 13.2. The summed E-state index contributed by atoms with van der Waals surface area (Å²) < 4.78 is 13.2. The number of aromatic nitrogens is 1. The summed E-state index contributed by atoms with van der Waals surface area (Å²) in [5.41, 5.74) is 6.86. The van der Waals surface area contributed by atoms with Gasteiger partial charge in [0.15, 0.2) is 0 Å². The predicted octanol–water partition coefficient (Wildman–Crippen LogP) is 4.26. The van der Waals surface area contributed by atoms with E-state index in [0.29, 0.717) is 17.9 Å². The lowest BCUT2D eigenvalue weighted by Gasteiger charge is -2.15. The number of benzene rings is 1. The van der Waals surface area contributed by atoms with Crippen molar-refractivity contribution in [1.82, 2.24) is 9.88 Å². The highest BCUT2D eigenvalue weighted by Gasteiger charge is 2.28. The van der Waals surface area contributed by atoms with Crippen molar-refractivity contribution < 1.29 is 9.36 Å². The molecule has 0 bridgehead atoms. The number of aromatic amines is 1. The number of carbonyl (C=O) groups excluding carboxylic acids is 1. The number of rotatable bonds is 7. The number of fused-ring (bicyclic) bond motifs is 1. The van der Waals surface area contributed by atoms with Gasteiger partial charge in [-0.3, -0.25) is 4.79 Å². The molecule has 6 heteroatoms. The van der Waals surface area contributed by atoms with Crippen molar-refractivity contribution in [2.24, 2.45) is 0 Å². The van der Waals surface area contributed by atoms with Crippen molar-refractivity contribution in [2.45, 2.75) is 34.1 Å². The van der Waals surface area contributed by atoms with Gasteiger partial charge < -0.3 is 19.8 Å². The minimum Gasteiger partial charge on any atom is -0.359 e. The van der Waals surface area contributed by atoms with Crippen LogP contribution in [0.2, 0.25) is 0 Å². The smallest absolute Gasteiger partial charge is 0.256 e. The van der Waals surface area contributed by atoms with Gasteiger partial charge in [-0.15, -0.1) is 0 Å². The molecule has 1 amide bonds. The van der Waals surface area contributed by atoms with E-state index in [4.69, 9.17) is 0 Å². The van der Waals surface area contributed by atoms with Crippen molar-refractivity contribution in [3.63, 3.8) is 0 Å². The minimum absolute atomic E-state index is 0.110. The quantitative estimate of drug-likeness (QED) is 0.527. The van der Waals surface area contributed by atoms with E-state index in [9.17, 15) is 9.36 Å². The first-order chi connectivity index (χ1) is 13.7. The highest BCUT2D eigenvalue weighted by atomic mass is 31.2. The van der Waals surface area contributed by atoms with Crippen molar-refractivity contribution in [3.05, 3.63) is 46.3 Å². The monoisotopic (exact) mass is 413 g/mol. The Morgan fingerprint density at radius 3 is 2.45 bits per heavy atom. The summed E-state index contributed by atoms with van der Waals surface area (Å²) in [6.45, 7) is 9.11. The number of carbonyl (C=O) groups is 1. The number of hydrogen-bond donors (Lipinski definition) is 2. The lowest BCUT2D eigenvalue weighted by Crippen LogP contribution is -2.15. The van der Waals surface area contributed by atoms with Gasteiger partial charge in [0.1, 0.15) is 7.14 Å². The van der Waals surface area contributed by atoms with E-state index in [1.165, 1.54) is 11.1 Å². The number of anilines is 1. The molecule has 0 atom stereocenters. The second kappa shape index (κ2) is 8.33. The van der Waals surface area contributed by atoms with E-state index >= 15 is 0 Å². The minimum atomic E-state index is -2.40. The third-order valence-electron chi connectivity index (χ3n) is 6.01. The molecule has 2 aromatic rings. The Bertz CT molecular complexity index is 1010. The van der Waals surface area contributed by atoms with Crippen molar-refractivity contribution in [1.29, 1.82) is 0 Å². The molecule has 1 aromatic carbocycles. The molecule has 3 rings (SSSR count). The Morgan fingerprint density at radius 2 is 1.83 bits per heavy atom. The van der Waals surface area contributed by atoms with Gasteiger partial charge in [-0.2, -0.15) is 0 Å². The standard InChI is InChI=1S/C23H32N3O2P/c1-7-29(28,8-2)17-9-10-21-19(13-17)20(23(27)25-21)14-22-15(3)18(16(4)24-22)11-12-26(5)6/h9-10,13-14,24H,7-8,11-12H2,1-6H3,(H,25,27)/b20-14-. The Balaban J connectivity index is 2.04. The Morgan fingerprint density at radius 1 is 1.14 bits per heavy atom. The second-order valence-electron chi connectivity index (χ2n) is 8.08. The molecular formula is C23H32N3O2P. The third-order valence-corrected chi connectivity index (χ3v) is 9.27. The van der Waals surface area contributed by atoms with Gasteiger partial charge in [0.2, 0.25) is 0 Å². The van der Waals surface area contributed by atoms with E-state index in [-0.39, 0.29) is 5.91 Å². The van der Waals surface area contributed by atoms with Crippen molar-refractivity contribution >= 4 is 35.7 Å². The Hall–Kier alpha value is -2.10. The lowest BCUT2D eigenvalue weighted by atomic mass is 10.0. The maximum Gasteiger partial charge on any atom is 0.256 e. The Labute approximate surface area is 174 Å². The highest BCUT2D eigenvalue weighted by molar-refractivity contribution is 7.71. The van der Waals surface area contributed by atoms with Crippen LogP contribution in [0, 0.1) is 13.8 Å². The van der Waals surface area contributed by atoms with Crippen LogP contribution < -0.4 is 10.6 Å². The molecule has 2 N–H and O–H groups in total. The fourth-order valence-electron chi connectivity index (χ4n) is 3.98. The van der Waals surface area contributed by atoms with Crippen LogP contribution in [-0.4, -0.2) is 48.8 Å². The third kappa shape index (κ3) is 4.12. The highest BCUT2D eigenvalue weighted by Crippen LogP contribution is 2.45. The van der Waals surface area contributed by atoms with Gasteiger partial charge in [-0.1, -0.05) is 13.8 Å². The number of nitrogens with one attached hydrogen (secondary N) is 2. The molecule has 1 aliphatic heterocycles. The van der Waals surface area contributed by atoms with Crippen LogP contribution in [0.5, 0.6) is 0 Å². The maximum absolute atomic E-state index is 13.2. The van der Waals surface area contributed by atoms with Crippen LogP contribution in [0.15, 0.2) is 18.2 Å². The summed E-state index contributed by atoms with van der Waals surface area (Å²) in [6, 6.07) is 5.74. The number of likely N-dealkylation sites (N-methyl/N-ethyl adjacent to an activating group) is 1. The molecule has 2 heterocycles. The topological polar surface area (TPSA) is 65.2 Å². The number of hydrogen-bond acceptors (Lipinski definition) is 3. The largest absolute Gasteiger partial charge is 0.359 e. The van der Waals surface area contributed by atoms with E-state index in [0.717, 1.165) is 40.9 Å². The molecule has 29 heavy (non-hydrogen) atoms. The van der Waals surface area contributed by atoms with Crippen LogP contribution in [0.25, 0.3) is 11.6 Å². The first kappa shape index (κ1) is 21.6. The van der Waals surface area contributed by atoms with Crippen molar-refractivity contribution in [3.8, 4) is 0 Å². The molecule has 0 aliphatic carbocycles. The van der Waals surface area contributed by atoms with E-state index in [2.05, 4.69) is 43.1 Å². The van der Waals surface area contributed by atoms with E-state index in [1.807, 2.05) is 38.1 Å². The molecule has 5 nitrogen and oxygen atoms in total. The molecule has 0 radical (unpaired) electrons. The van der Waals surface area contributed by atoms with Gasteiger partial charge in [0, 0.05) is 46.8 Å². The van der Waals surface area contributed by atoms with Gasteiger partial charge in [-0.25, -0.2) is 0 Å². The molecule has 0 saturated carbocycles. The van der Waals surface area contributed by atoms with Crippen LogP contribution in [0.4, 0.5) is 5.69 Å². The molecule has 1 aromatic heterocycles. The summed E-state index contributed by atoms with van der Waals surface area (Å²) in [5, 5.41) is 3.80. The summed E-state index contributed by atoms with van der Waals surface area (Å²) in [4.78, 5) is 18.3. The van der Waals surface area contributed by atoms with Gasteiger partial charge in [0.25, 0.3) is 5.91 Å². The average Bonchev–Trinajstić information content (AvgIpc) is 3.14. The number of amides is 1. The van der Waals surface area contributed by atoms with Gasteiger partial charge in [-0.05, 0) is 69.8 Å². The molecule has 156 valence electrons. The van der Waals surface area contributed by atoms with Crippen LogP contribution in [0.1, 0.15) is 41.9 Å². The zero-order chi connectivity index (χ0) is 21.3. The molecular weight excluding hydrogens is 381 g/mol. The predicted molar refractivity (Wildman–Crippen MR) is 124 cm³/mol. The summed E-state index contributed by atoms with van der Waals surface area (Å²) in [6.07, 6.45) is 4.17. The lowest BCUT2D eigenvalue weighted by molar-refractivity contribution is -0.110. The fraction of sp³-hybridized carbons (Fsp3) is 0.435. The molecule has 1 aliphatic rings. The average molecular weight is 414 g/mol. The van der Waals surface area contributed by atoms with Crippen LogP contribution in [-0.2, 0) is 15.8 Å². The molecule has 0 fully saturated rings. The molecule has 0 unspecified atom stereocenters. The first-order valence-corrected chi connectivity index (χ1v) is 12.4. The first-order valence-electron chi connectivity index (χ1n) is 10.3. The van der Waals surface area contributed by atoms with Gasteiger partial charge >= 0.3 is 0 Å². The number of H-pyrrole nitrogens is 1. The summed E-state index contributed by atoms with van der Waals surface area (Å²) >= 11 is 0. The number of aryl methyl sites for hydroxylation is 1. The number of nitrogens with zero attached hydrogens (tertiary/aromatic N) is 1. The fourth-order valence-corrected chi connectivity index (χ4v) is 5.86. The SMILES string of the molecule is CCP(=O)(CC)c1ccc2c(c1)/C(=C/c1[nH]c(C)c(CCN(C)C)c1C)C(=O)N2. The molecule has 0 spiro atoms. The molecule has 0 saturated heterocycles. The Kier molecular flexibility index (Phi) is 6.21. The summed E-state index contributed by atoms with van der Waals surface area (Å²) in [5.74, 6) is -0.110.